The second-order valence-corrected chi connectivity index (χ2v) is 9.44. The van der Waals surface area contributed by atoms with E-state index in [9.17, 15) is 19.4 Å². The number of carboxylic acid groups (broad SMARTS) is 1. The first-order valence-electron chi connectivity index (χ1n) is 10.2. The number of aliphatic carboxylic acids is 1. The van der Waals surface area contributed by atoms with Crippen LogP contribution in [-0.4, -0.2) is 50.6 Å². The molecular weight excluding hydrogens is 395 g/mol. The molecule has 0 spiro atoms. The number of ether oxygens (including phenoxy) is 1. The number of aliphatic hydroxyl groups is 2. The fourth-order valence-electron chi connectivity index (χ4n) is 4.34. The van der Waals surface area contributed by atoms with Crippen LogP contribution in [0.3, 0.4) is 0 Å². The van der Waals surface area contributed by atoms with Crippen molar-refractivity contribution in [1.29, 1.82) is 0 Å². The number of carboxylic acids is 1. The molecule has 0 aromatic heterocycles. The van der Waals surface area contributed by atoms with E-state index < -0.39 is 24.0 Å². The zero-order valence-corrected chi connectivity index (χ0v) is 17.1. The lowest BCUT2D eigenvalue weighted by molar-refractivity contribution is -0.137. The van der Waals surface area contributed by atoms with Crippen LogP contribution >= 0.6 is 11.8 Å². The average molecular weight is 425 g/mol. The highest BCUT2D eigenvalue weighted by Crippen LogP contribution is 2.49. The van der Waals surface area contributed by atoms with Crippen LogP contribution in [0, 0.1) is 17.7 Å². The van der Waals surface area contributed by atoms with E-state index in [2.05, 4.69) is 0 Å². The molecule has 0 amide bonds. The molecule has 3 N–H and O–H groups in total. The van der Waals surface area contributed by atoms with Crippen LogP contribution in [0.25, 0.3) is 0 Å². The lowest BCUT2D eigenvalue weighted by Gasteiger charge is -2.33. The Morgan fingerprint density at radius 1 is 1.34 bits per heavy atom. The van der Waals surface area contributed by atoms with Gasteiger partial charge in [0, 0.05) is 22.8 Å². The molecule has 0 radical (unpaired) electrons. The molecule has 29 heavy (non-hydrogen) atoms. The maximum absolute atomic E-state index is 13.6. The number of benzene rings is 1. The number of rotatable bonds is 9. The minimum Gasteiger partial charge on any atom is -0.487 e. The van der Waals surface area contributed by atoms with E-state index >= 15 is 0 Å². The van der Waals surface area contributed by atoms with Crippen LogP contribution in [-0.2, 0) is 4.79 Å². The van der Waals surface area contributed by atoms with Gasteiger partial charge in [0.25, 0.3) is 0 Å². The number of hydrogen-bond acceptors (Lipinski definition) is 5. The average Bonchev–Trinajstić information content (AvgIpc) is 2.99. The number of aliphatic hydroxyl groups excluding tert-OH is 2. The lowest BCUT2D eigenvalue weighted by Crippen LogP contribution is -2.27. The summed E-state index contributed by atoms with van der Waals surface area (Å²) in [4.78, 5) is 10.7. The van der Waals surface area contributed by atoms with E-state index in [1.165, 1.54) is 12.1 Å². The number of halogens is 1. The monoisotopic (exact) mass is 424 g/mol. The Morgan fingerprint density at radius 3 is 2.90 bits per heavy atom. The third-order valence-corrected chi connectivity index (χ3v) is 7.55. The van der Waals surface area contributed by atoms with Crippen molar-refractivity contribution in [3.8, 4) is 5.75 Å². The molecular formula is C22H29FO5S. The number of hydrogen-bond donors (Lipinski definition) is 3. The molecule has 160 valence electrons. The zero-order valence-electron chi connectivity index (χ0n) is 16.3. The van der Waals surface area contributed by atoms with E-state index in [1.807, 2.05) is 17.8 Å². The Morgan fingerprint density at radius 2 is 2.14 bits per heavy atom. The maximum atomic E-state index is 13.6. The summed E-state index contributed by atoms with van der Waals surface area (Å²) in [5.74, 6) is -0.742. The van der Waals surface area contributed by atoms with Crippen LogP contribution in [0.15, 0.2) is 36.4 Å². The standard InChI is InChI=1S/C22H29FO5S/c23-18-5-1-2-6-20(18)28-13-14(24)8-10-16-17-11-9-15(4-3-7-22(26)27)29-21(17)12-19(16)25/h1-2,5-6,8,10,14-17,19,21,24-25H,3-4,7,9,11-13H2,(H,26,27)/t14-,15+,16-,17-,19-,21+/m1/s1. The first-order chi connectivity index (χ1) is 13.9. The Kier molecular flexibility index (Phi) is 7.98. The molecule has 0 bridgehead atoms. The molecule has 7 heteroatoms. The third-order valence-electron chi connectivity index (χ3n) is 5.80. The largest absolute Gasteiger partial charge is 0.487 e. The molecule has 1 aliphatic carbocycles. The topological polar surface area (TPSA) is 87.0 Å². The molecule has 2 aliphatic rings. The first kappa shape index (κ1) is 22.1. The van der Waals surface area contributed by atoms with Crippen LogP contribution < -0.4 is 4.74 Å². The minimum absolute atomic E-state index is 0.00409. The van der Waals surface area contributed by atoms with E-state index in [0.717, 1.165) is 25.7 Å². The molecule has 0 unspecified atom stereocenters. The molecule has 1 aliphatic heterocycles. The molecule has 6 atom stereocenters. The SMILES string of the molecule is O=C(O)CCC[C@H]1CC[C@@H]2[C@@H](C=C[C@@H](O)COc3ccccc3F)[C@H](O)C[C@@H]2S1. The van der Waals surface area contributed by atoms with Crippen LogP contribution in [0.1, 0.15) is 38.5 Å². The van der Waals surface area contributed by atoms with Gasteiger partial charge in [-0.3, -0.25) is 4.79 Å². The second kappa shape index (κ2) is 10.5. The van der Waals surface area contributed by atoms with Gasteiger partial charge in [-0.1, -0.05) is 24.3 Å². The molecule has 1 saturated carbocycles. The van der Waals surface area contributed by atoms with Crippen LogP contribution in [0.2, 0.25) is 0 Å². The van der Waals surface area contributed by atoms with Gasteiger partial charge in [-0.2, -0.15) is 11.8 Å². The van der Waals surface area contributed by atoms with Crippen molar-refractivity contribution < 1.29 is 29.2 Å². The van der Waals surface area contributed by atoms with Crippen LogP contribution in [0.5, 0.6) is 5.75 Å². The highest BCUT2D eigenvalue weighted by atomic mass is 32.2. The second-order valence-electron chi connectivity index (χ2n) is 7.90. The van der Waals surface area contributed by atoms with E-state index in [4.69, 9.17) is 9.84 Å². The van der Waals surface area contributed by atoms with Gasteiger partial charge in [0.2, 0.25) is 0 Å². The smallest absolute Gasteiger partial charge is 0.303 e. The van der Waals surface area contributed by atoms with E-state index in [1.54, 1.807) is 18.2 Å². The minimum atomic E-state index is -0.874. The zero-order chi connectivity index (χ0) is 20.8. The van der Waals surface area contributed by atoms with Gasteiger partial charge < -0.3 is 20.1 Å². The van der Waals surface area contributed by atoms with Gasteiger partial charge in [-0.15, -0.1) is 0 Å². The summed E-state index contributed by atoms with van der Waals surface area (Å²) in [6.45, 7) is -0.0469. The number of fused-ring (bicyclic) bond motifs is 1. The van der Waals surface area contributed by atoms with Gasteiger partial charge in [-0.25, -0.2) is 4.39 Å². The van der Waals surface area contributed by atoms with Crippen molar-refractivity contribution >= 4 is 17.7 Å². The maximum Gasteiger partial charge on any atom is 0.303 e. The molecule has 1 saturated heterocycles. The summed E-state index contributed by atoms with van der Waals surface area (Å²) in [6.07, 6.45) is 6.79. The number of thioether (sulfide) groups is 1. The summed E-state index contributed by atoms with van der Waals surface area (Å²) >= 11 is 1.89. The predicted octanol–water partition coefficient (Wildman–Crippen LogP) is 3.64. The van der Waals surface area contributed by atoms with Crippen molar-refractivity contribution in [2.24, 2.45) is 11.8 Å². The quantitative estimate of drug-likeness (QED) is 0.525. The van der Waals surface area contributed by atoms with Gasteiger partial charge in [0.15, 0.2) is 11.6 Å². The summed E-state index contributed by atoms with van der Waals surface area (Å²) < 4.78 is 18.9. The summed E-state index contributed by atoms with van der Waals surface area (Å²) in [5, 5.41) is 30.3. The van der Waals surface area contributed by atoms with Crippen molar-refractivity contribution in [2.75, 3.05) is 6.61 Å². The fraction of sp³-hybridized carbons (Fsp3) is 0.591. The highest BCUT2D eigenvalue weighted by Gasteiger charge is 2.44. The van der Waals surface area contributed by atoms with Crippen molar-refractivity contribution in [3.63, 3.8) is 0 Å². The molecule has 5 nitrogen and oxygen atoms in total. The normalized spacial score (nSPS) is 30.2. The number of carbonyl (C=O) groups is 1. The molecule has 1 aromatic carbocycles. The van der Waals surface area contributed by atoms with E-state index in [-0.39, 0.29) is 24.7 Å². The van der Waals surface area contributed by atoms with Gasteiger partial charge in [-0.05, 0) is 50.2 Å². The predicted molar refractivity (Wildman–Crippen MR) is 111 cm³/mol. The third kappa shape index (κ3) is 6.20. The Hall–Kier alpha value is -1.57. The molecule has 1 heterocycles. The fourth-order valence-corrected chi connectivity index (χ4v) is 6.24. The van der Waals surface area contributed by atoms with Crippen molar-refractivity contribution in [3.05, 3.63) is 42.2 Å². The van der Waals surface area contributed by atoms with Crippen molar-refractivity contribution in [1.82, 2.24) is 0 Å². The summed E-state index contributed by atoms with van der Waals surface area (Å²) in [7, 11) is 0. The summed E-state index contributed by atoms with van der Waals surface area (Å²) in [6, 6.07) is 6.08. The van der Waals surface area contributed by atoms with Crippen LogP contribution in [0.4, 0.5) is 4.39 Å². The Labute approximate surface area is 175 Å². The number of para-hydroxylation sites is 1. The van der Waals surface area contributed by atoms with Gasteiger partial charge >= 0.3 is 5.97 Å². The van der Waals surface area contributed by atoms with Gasteiger partial charge in [0.1, 0.15) is 12.7 Å². The Bertz CT molecular complexity index is 712. The van der Waals surface area contributed by atoms with E-state index in [0.29, 0.717) is 22.8 Å². The highest BCUT2D eigenvalue weighted by molar-refractivity contribution is 8.00. The molecule has 2 fully saturated rings. The first-order valence-corrected chi connectivity index (χ1v) is 11.2. The van der Waals surface area contributed by atoms with Gasteiger partial charge in [0.05, 0.1) is 6.10 Å². The molecule has 3 rings (SSSR count). The lowest BCUT2D eigenvalue weighted by atomic mass is 9.88. The van der Waals surface area contributed by atoms with Crippen molar-refractivity contribution in [2.45, 2.75) is 61.2 Å². The molecule has 1 aromatic rings. The Balaban J connectivity index is 1.47. The summed E-state index contributed by atoms with van der Waals surface area (Å²) in [5.41, 5.74) is 0.